The highest BCUT2D eigenvalue weighted by Gasteiger charge is 2.42. The van der Waals surface area contributed by atoms with Crippen LogP contribution in [0.4, 0.5) is 4.79 Å². The van der Waals surface area contributed by atoms with Crippen LogP contribution in [0.3, 0.4) is 0 Å². The molecular formula is C28H33N5O3. The van der Waals surface area contributed by atoms with Crippen LogP contribution in [0.5, 0.6) is 0 Å². The van der Waals surface area contributed by atoms with Crippen LogP contribution in [0.1, 0.15) is 41.1 Å². The van der Waals surface area contributed by atoms with Crippen molar-refractivity contribution >= 4 is 17.1 Å². The molecule has 3 fully saturated rings. The van der Waals surface area contributed by atoms with Crippen LogP contribution in [0.15, 0.2) is 30.6 Å². The molecule has 2 N–H and O–H groups in total. The van der Waals surface area contributed by atoms with Crippen LogP contribution in [0.2, 0.25) is 0 Å². The van der Waals surface area contributed by atoms with Gasteiger partial charge in [-0.1, -0.05) is 6.07 Å². The van der Waals surface area contributed by atoms with Gasteiger partial charge in [0.1, 0.15) is 5.65 Å². The molecule has 4 aliphatic rings. The number of nitrogens with zero attached hydrogens (tertiary/aromatic N) is 3. The number of hydrogen-bond acceptors (Lipinski definition) is 5. The fourth-order valence-corrected chi connectivity index (χ4v) is 6.50. The second-order valence-electron chi connectivity index (χ2n) is 10.7. The number of ether oxygens (including phenoxy) is 2. The van der Waals surface area contributed by atoms with E-state index in [4.69, 9.17) is 9.47 Å². The van der Waals surface area contributed by atoms with Gasteiger partial charge in [0.15, 0.2) is 0 Å². The Labute approximate surface area is 211 Å². The molecule has 2 bridgehead atoms. The first kappa shape index (κ1) is 22.3. The van der Waals surface area contributed by atoms with Crippen LogP contribution in [0.25, 0.3) is 22.2 Å². The van der Waals surface area contributed by atoms with Gasteiger partial charge in [0.05, 0.1) is 44.6 Å². The number of carbonyl (C=O) groups is 1. The number of carbonyl (C=O) groups excluding carboxylic acids is 1. The van der Waals surface area contributed by atoms with E-state index in [0.29, 0.717) is 26.4 Å². The first-order valence-electron chi connectivity index (χ1n) is 13.2. The van der Waals surface area contributed by atoms with Crippen molar-refractivity contribution in [3.8, 4) is 11.1 Å². The van der Waals surface area contributed by atoms with Gasteiger partial charge in [-0.05, 0) is 66.1 Å². The van der Waals surface area contributed by atoms with E-state index in [0.717, 1.165) is 55.6 Å². The number of H-pyrrole nitrogens is 1. The van der Waals surface area contributed by atoms with E-state index in [1.807, 2.05) is 12.4 Å². The summed E-state index contributed by atoms with van der Waals surface area (Å²) in [5.41, 5.74) is 8.26. The number of nitrogens with one attached hydrogen (secondary N) is 2. The minimum absolute atomic E-state index is 0.118. The number of pyridine rings is 1. The third-order valence-corrected chi connectivity index (χ3v) is 8.48. The molecule has 188 valence electrons. The van der Waals surface area contributed by atoms with Gasteiger partial charge in [0.25, 0.3) is 0 Å². The monoisotopic (exact) mass is 487 g/mol. The predicted molar refractivity (Wildman–Crippen MR) is 137 cm³/mol. The smallest absolute Gasteiger partial charge is 0.320 e. The highest BCUT2D eigenvalue weighted by molar-refractivity contribution is 5.85. The Kier molecular flexibility index (Phi) is 5.49. The molecule has 0 aliphatic carbocycles. The van der Waals surface area contributed by atoms with Crippen LogP contribution >= 0.6 is 0 Å². The van der Waals surface area contributed by atoms with Gasteiger partial charge >= 0.3 is 6.03 Å². The van der Waals surface area contributed by atoms with Crippen molar-refractivity contribution < 1.29 is 14.3 Å². The number of aryl methyl sites for hydroxylation is 1. The van der Waals surface area contributed by atoms with Gasteiger partial charge in [-0.3, -0.25) is 0 Å². The first-order valence-corrected chi connectivity index (χ1v) is 13.2. The molecule has 3 atom stereocenters. The zero-order valence-corrected chi connectivity index (χ0v) is 20.8. The molecule has 0 radical (unpaired) electrons. The van der Waals surface area contributed by atoms with E-state index in [1.54, 1.807) is 0 Å². The summed E-state index contributed by atoms with van der Waals surface area (Å²) in [5, 5.41) is 4.81. The third-order valence-electron chi connectivity index (χ3n) is 8.48. The summed E-state index contributed by atoms with van der Waals surface area (Å²) < 4.78 is 11.6. The first-order chi connectivity index (χ1) is 17.7. The lowest BCUT2D eigenvalue weighted by Crippen LogP contribution is -2.55. The maximum atomic E-state index is 13.7. The van der Waals surface area contributed by atoms with Gasteiger partial charge in [-0.2, -0.15) is 0 Å². The molecule has 6 heterocycles. The number of benzene rings is 1. The Balaban J connectivity index is 1.25. The maximum Gasteiger partial charge on any atom is 0.320 e. The number of hydrogen-bond donors (Lipinski definition) is 2. The molecule has 2 aromatic heterocycles. The average molecular weight is 488 g/mol. The standard InChI is InChI=1S/C28H33N5O3/c1-17-11-30-27-23(17)10-20(12-31-27)19-8-18-4-6-32(28(34)33-21-2-3-22(33)15-36-14-21)13-25(18)24(9-19)26-16-35-7-5-29-26/h8-12,21-22,26,29H,2-7,13-16H2,1H3,(H,30,31)/t21?,22?,26-/m0/s1. The SMILES string of the molecule is Cc1c[nH]c2ncc(-c3cc4c(c([C@@H]5COCCN5)c3)CN(C(=O)N3C5CCC3COC5)CC4)cc12. The van der Waals surface area contributed by atoms with E-state index in [2.05, 4.69) is 50.2 Å². The van der Waals surface area contributed by atoms with Gasteiger partial charge < -0.3 is 29.6 Å². The molecule has 0 saturated carbocycles. The number of rotatable bonds is 2. The van der Waals surface area contributed by atoms with Crippen molar-refractivity contribution in [2.75, 3.05) is 39.5 Å². The largest absolute Gasteiger partial charge is 0.378 e. The predicted octanol–water partition coefficient (Wildman–Crippen LogP) is 3.54. The normalized spacial score (nSPS) is 25.9. The van der Waals surface area contributed by atoms with Crippen molar-refractivity contribution in [1.82, 2.24) is 25.1 Å². The van der Waals surface area contributed by atoms with Crippen LogP contribution < -0.4 is 5.32 Å². The summed E-state index contributed by atoms with van der Waals surface area (Å²) in [7, 11) is 0. The summed E-state index contributed by atoms with van der Waals surface area (Å²) in [4.78, 5) is 25.8. The number of aromatic amines is 1. The van der Waals surface area contributed by atoms with E-state index in [1.165, 1.54) is 27.8 Å². The number of fused-ring (bicyclic) bond motifs is 4. The van der Waals surface area contributed by atoms with E-state index >= 15 is 0 Å². The number of morpholine rings is 2. The fraction of sp³-hybridized carbons (Fsp3) is 0.500. The summed E-state index contributed by atoms with van der Waals surface area (Å²) in [6, 6.07) is 7.59. The zero-order valence-electron chi connectivity index (χ0n) is 20.8. The molecule has 1 aromatic carbocycles. The van der Waals surface area contributed by atoms with Crippen molar-refractivity contribution in [2.45, 2.75) is 50.9 Å². The molecule has 3 aromatic rings. The lowest BCUT2D eigenvalue weighted by Gasteiger charge is -2.40. The summed E-state index contributed by atoms with van der Waals surface area (Å²) in [5.74, 6) is 0. The van der Waals surface area contributed by atoms with Gasteiger partial charge in [0, 0.05) is 43.0 Å². The van der Waals surface area contributed by atoms with Crippen molar-refractivity contribution in [3.63, 3.8) is 0 Å². The lowest BCUT2D eigenvalue weighted by atomic mass is 9.87. The summed E-state index contributed by atoms with van der Waals surface area (Å²) in [6.45, 7) is 7.05. The molecule has 8 nitrogen and oxygen atoms in total. The Morgan fingerprint density at radius 2 is 1.94 bits per heavy atom. The topological polar surface area (TPSA) is 82.7 Å². The molecule has 8 heteroatoms. The average Bonchev–Trinajstić information content (AvgIpc) is 3.42. The Morgan fingerprint density at radius 3 is 2.75 bits per heavy atom. The van der Waals surface area contributed by atoms with Crippen molar-refractivity contribution in [1.29, 1.82) is 0 Å². The summed E-state index contributed by atoms with van der Waals surface area (Å²) in [6.07, 6.45) is 6.93. The Bertz CT molecular complexity index is 1300. The quantitative estimate of drug-likeness (QED) is 0.578. The molecule has 7 rings (SSSR count). The second kappa shape index (κ2) is 8.87. The third kappa shape index (κ3) is 3.70. The van der Waals surface area contributed by atoms with E-state index in [9.17, 15) is 4.79 Å². The molecule has 0 spiro atoms. The van der Waals surface area contributed by atoms with E-state index in [-0.39, 0.29) is 24.2 Å². The molecule has 4 aliphatic heterocycles. The molecule has 36 heavy (non-hydrogen) atoms. The van der Waals surface area contributed by atoms with Crippen LogP contribution in [-0.2, 0) is 22.4 Å². The van der Waals surface area contributed by atoms with Gasteiger partial charge in [-0.25, -0.2) is 9.78 Å². The molecule has 2 unspecified atom stereocenters. The molecule has 3 saturated heterocycles. The van der Waals surface area contributed by atoms with Crippen LogP contribution in [-0.4, -0.2) is 77.4 Å². The van der Waals surface area contributed by atoms with E-state index < -0.39 is 0 Å². The molecule has 2 amide bonds. The highest BCUT2D eigenvalue weighted by Crippen LogP contribution is 2.36. The summed E-state index contributed by atoms with van der Waals surface area (Å²) >= 11 is 0. The maximum absolute atomic E-state index is 13.7. The zero-order chi connectivity index (χ0) is 24.2. The second-order valence-corrected chi connectivity index (χ2v) is 10.7. The Morgan fingerprint density at radius 1 is 1.08 bits per heavy atom. The molecular weight excluding hydrogens is 454 g/mol. The number of urea groups is 1. The van der Waals surface area contributed by atoms with Gasteiger partial charge in [0.2, 0.25) is 0 Å². The van der Waals surface area contributed by atoms with Crippen LogP contribution in [0, 0.1) is 6.92 Å². The Hall–Kier alpha value is -2.94. The minimum Gasteiger partial charge on any atom is -0.378 e. The minimum atomic E-state index is 0.118. The van der Waals surface area contributed by atoms with Crippen molar-refractivity contribution in [3.05, 3.63) is 52.8 Å². The highest BCUT2D eigenvalue weighted by atomic mass is 16.5. The number of aromatic nitrogens is 2. The van der Waals surface area contributed by atoms with Crippen molar-refractivity contribution in [2.24, 2.45) is 0 Å². The fourth-order valence-electron chi connectivity index (χ4n) is 6.50. The number of amides is 2. The lowest BCUT2D eigenvalue weighted by molar-refractivity contribution is -0.00296. The van der Waals surface area contributed by atoms with Gasteiger partial charge in [-0.15, -0.1) is 0 Å².